The van der Waals surface area contributed by atoms with Crippen LogP contribution in [0.4, 0.5) is 0 Å². The van der Waals surface area contributed by atoms with Gasteiger partial charge in [-0.3, -0.25) is 0 Å². The molecule has 2 atom stereocenters. The number of aromatic hydroxyl groups is 2. The van der Waals surface area contributed by atoms with Crippen LogP contribution in [-0.2, 0) is 0 Å². The van der Waals surface area contributed by atoms with Crippen LogP contribution in [0.5, 0.6) is 23.0 Å². The smallest absolute Gasteiger partial charge is 0.147 e. The first-order valence-electron chi connectivity index (χ1n) is 25.0. The summed E-state index contributed by atoms with van der Waals surface area (Å²) >= 11 is 0. The summed E-state index contributed by atoms with van der Waals surface area (Å²) in [5, 5.41) is 32.2. The van der Waals surface area contributed by atoms with E-state index in [0.29, 0.717) is 13.2 Å². The largest absolute Gasteiger partial charge is 0.505 e. The number of hydrogen-bond acceptors (Lipinski definition) is 4. The van der Waals surface area contributed by atoms with Crippen molar-refractivity contribution < 1.29 is 19.7 Å². The maximum atomic E-state index is 12.5. The van der Waals surface area contributed by atoms with Gasteiger partial charge in [-0.15, -0.1) is 0 Å². The maximum Gasteiger partial charge on any atom is 0.147 e. The Morgan fingerprint density at radius 1 is 0.414 bits per heavy atom. The fourth-order valence-corrected chi connectivity index (χ4v) is 13.3. The minimum absolute atomic E-state index is 0.246. The van der Waals surface area contributed by atoms with Gasteiger partial charge in [-0.05, 0) is 73.2 Å². The monoisotopic (exact) mass is 954 g/mol. The Balaban J connectivity index is 0.903. The maximum absolute atomic E-state index is 12.5. The summed E-state index contributed by atoms with van der Waals surface area (Å²) in [4.78, 5) is 0. The molecule has 0 bridgehead atoms. The number of nitrogens with zero attached hydrogens (tertiary/aromatic N) is 2. The lowest BCUT2D eigenvalue weighted by Crippen LogP contribution is -2.38. The summed E-state index contributed by atoms with van der Waals surface area (Å²) in [6.07, 6.45) is 4.39. The van der Waals surface area contributed by atoms with Crippen LogP contribution in [0.1, 0.15) is 25.7 Å². The Kier molecular flexibility index (Phi) is 11.7. The summed E-state index contributed by atoms with van der Waals surface area (Å²) in [5.74, 6) is 2.58. The Labute approximate surface area is 413 Å². The number of hydrogen-bond donors (Lipinski definition) is 2. The number of rotatable bonds is 12. The highest BCUT2D eigenvalue weighted by molar-refractivity contribution is 6.89. The molecule has 0 spiro atoms. The second kappa shape index (κ2) is 18.1. The zero-order valence-electron chi connectivity index (χ0n) is 41.2. The van der Waals surface area contributed by atoms with Crippen LogP contribution >= 0.6 is 0 Å². The lowest BCUT2D eigenvalue weighted by Gasteiger charge is -2.32. The molecule has 0 unspecified atom stereocenters. The van der Waals surface area contributed by atoms with E-state index in [1.54, 1.807) is 0 Å². The molecule has 0 saturated heterocycles. The fraction of sp³-hybridized carbons (Fsp3) is 0.226. The molecule has 0 radical (unpaired) electrons. The highest BCUT2D eigenvalue weighted by Gasteiger charge is 2.30. The predicted molar refractivity (Wildman–Crippen MR) is 298 cm³/mol. The number of phenols is 2. The molecule has 0 amide bonds. The number of ether oxygens (including phenoxy) is 2. The molecule has 1 aliphatic rings. The van der Waals surface area contributed by atoms with Gasteiger partial charge >= 0.3 is 0 Å². The molecular weight excluding hydrogens is 893 g/mol. The average molecular weight is 955 g/mol. The molecule has 8 aromatic carbocycles. The lowest BCUT2D eigenvalue weighted by molar-refractivity contribution is 0.105. The Bertz CT molecular complexity index is 3250. The minimum atomic E-state index is -1.88. The van der Waals surface area contributed by atoms with Gasteiger partial charge in [0.25, 0.3) is 0 Å². The Morgan fingerprint density at radius 3 is 1.07 bits per heavy atom. The van der Waals surface area contributed by atoms with Gasteiger partial charge in [0.2, 0.25) is 0 Å². The van der Waals surface area contributed by atoms with E-state index in [2.05, 4.69) is 194 Å². The van der Waals surface area contributed by atoms with Gasteiger partial charge < -0.3 is 28.8 Å². The molecule has 0 aliphatic heterocycles. The number of para-hydroxylation sites is 6. The van der Waals surface area contributed by atoms with Crippen LogP contribution < -0.4 is 19.8 Å². The third-order valence-electron chi connectivity index (χ3n) is 14.9. The van der Waals surface area contributed by atoms with E-state index in [-0.39, 0.29) is 23.3 Å². The second-order valence-corrected chi connectivity index (χ2v) is 31.6. The number of fused-ring (bicyclic) bond motifs is 6. The molecule has 2 N–H and O–H groups in total. The summed E-state index contributed by atoms with van der Waals surface area (Å²) in [6, 6.07) is 59.2. The topological polar surface area (TPSA) is 68.8 Å². The quantitative estimate of drug-likeness (QED) is 0.120. The van der Waals surface area contributed by atoms with E-state index in [0.717, 1.165) is 114 Å². The van der Waals surface area contributed by atoms with E-state index in [1.165, 1.54) is 10.4 Å². The van der Waals surface area contributed by atoms with E-state index >= 15 is 0 Å². The van der Waals surface area contributed by atoms with Crippen molar-refractivity contribution in [1.82, 2.24) is 9.13 Å². The molecule has 1 saturated carbocycles. The number of aromatic nitrogens is 2. The molecule has 8 heteroatoms. The summed E-state index contributed by atoms with van der Waals surface area (Å²) in [5.41, 5.74) is 9.19. The highest BCUT2D eigenvalue weighted by atomic mass is 28.3. The minimum Gasteiger partial charge on any atom is -0.505 e. The van der Waals surface area contributed by atoms with Crippen LogP contribution in [0, 0.1) is 11.8 Å². The third kappa shape index (κ3) is 8.16. The van der Waals surface area contributed by atoms with Crippen molar-refractivity contribution in [2.24, 2.45) is 11.8 Å². The first-order chi connectivity index (χ1) is 33.8. The molecule has 2 aromatic heterocycles. The van der Waals surface area contributed by atoms with Crippen LogP contribution in [0.3, 0.4) is 0 Å². The molecule has 6 nitrogen and oxygen atoms in total. The van der Waals surface area contributed by atoms with E-state index in [9.17, 15) is 10.2 Å². The lowest BCUT2D eigenvalue weighted by atomic mass is 9.80. The van der Waals surface area contributed by atoms with Gasteiger partial charge in [-0.2, -0.15) is 0 Å². The zero-order chi connectivity index (χ0) is 48.3. The first-order valence-corrected chi connectivity index (χ1v) is 32.0. The highest BCUT2D eigenvalue weighted by Crippen LogP contribution is 2.45. The summed E-state index contributed by atoms with van der Waals surface area (Å²) in [7, 11) is -3.75. The molecule has 1 fully saturated rings. The summed E-state index contributed by atoms with van der Waals surface area (Å²) < 4.78 is 18.3. The van der Waals surface area contributed by atoms with Crippen LogP contribution in [-0.4, -0.2) is 48.7 Å². The average Bonchev–Trinajstić information content (AvgIpc) is 3.88. The van der Waals surface area contributed by atoms with Crippen molar-refractivity contribution in [2.75, 3.05) is 13.2 Å². The zero-order valence-corrected chi connectivity index (χ0v) is 43.2. The van der Waals surface area contributed by atoms with Gasteiger partial charge in [0.15, 0.2) is 0 Å². The van der Waals surface area contributed by atoms with E-state index in [1.807, 2.05) is 24.3 Å². The molecule has 11 rings (SSSR count). The predicted octanol–water partition coefficient (Wildman–Crippen LogP) is 15.0. The van der Waals surface area contributed by atoms with Crippen molar-refractivity contribution in [3.8, 4) is 56.6 Å². The van der Waals surface area contributed by atoms with Crippen molar-refractivity contribution in [2.45, 2.75) is 65.0 Å². The van der Waals surface area contributed by atoms with Crippen LogP contribution in [0.2, 0.25) is 39.3 Å². The van der Waals surface area contributed by atoms with Gasteiger partial charge in [0.1, 0.15) is 23.0 Å². The molecule has 10 aromatic rings. The molecule has 2 heterocycles. The van der Waals surface area contributed by atoms with E-state index in [4.69, 9.17) is 9.47 Å². The molecule has 1 aliphatic carbocycles. The van der Waals surface area contributed by atoms with Gasteiger partial charge in [0, 0.05) is 43.8 Å². The number of phenolic OH excluding ortho intramolecular Hbond substituents is 2. The van der Waals surface area contributed by atoms with Crippen LogP contribution in [0.15, 0.2) is 170 Å². The molecular formula is C62H62N2O4Si2. The van der Waals surface area contributed by atoms with Crippen LogP contribution in [0.25, 0.3) is 77.2 Å². The first kappa shape index (κ1) is 45.4. The Morgan fingerprint density at radius 2 is 0.729 bits per heavy atom. The molecule has 352 valence electrons. The van der Waals surface area contributed by atoms with Gasteiger partial charge in [0.05, 0.1) is 62.8 Å². The SMILES string of the molecule is C[Si](C)(C)c1cc(-c2ccccc2OC[C@@H]2CCCC[C@H]2COc2ccccc2-c2cc([Si](C)(C)C)cc(-n3c4ccccc4c4ccccc43)c2O)c(O)c(-n2c3ccccc3c3ccccc32)c1. The standard InChI is InChI=1S/C62H62N2O4Si2/c1-69(2,3)43-35-51(61(65)57(37-43)63-53-29-15-9-23-45(53)46-24-10-16-30-54(46)63)49-27-13-19-33-59(49)67-39-41-21-7-8-22-42(41)40-68-60-34-20-14-28-50(60)52-36-44(70(4,5)6)38-58(62(52)66)64-55-31-17-11-25-47(55)48-26-12-18-32-56(48)64/h9-20,23-38,41-42,65-66H,7-8,21-22,39-40H2,1-6H3/t41-,42-/m0/s1. The fourth-order valence-electron chi connectivity index (χ4n) is 11.0. The third-order valence-corrected chi connectivity index (χ3v) is 18.9. The van der Waals surface area contributed by atoms with Crippen molar-refractivity contribution in [3.05, 3.63) is 170 Å². The second-order valence-electron chi connectivity index (χ2n) is 21.4. The summed E-state index contributed by atoms with van der Waals surface area (Å²) in [6.45, 7) is 15.3. The van der Waals surface area contributed by atoms with E-state index < -0.39 is 16.1 Å². The van der Waals surface area contributed by atoms with Crippen molar-refractivity contribution >= 4 is 70.1 Å². The van der Waals surface area contributed by atoms with Crippen molar-refractivity contribution in [1.29, 1.82) is 0 Å². The normalized spacial score (nSPS) is 15.6. The van der Waals surface area contributed by atoms with Gasteiger partial charge in [-0.1, -0.05) is 184 Å². The van der Waals surface area contributed by atoms with Gasteiger partial charge in [-0.25, -0.2) is 0 Å². The Hall–Kier alpha value is -7.01. The van der Waals surface area contributed by atoms with Crippen molar-refractivity contribution in [3.63, 3.8) is 0 Å². The number of benzene rings is 8. The molecule has 70 heavy (non-hydrogen) atoms.